The number of nitrogens with one attached hydrogen (secondary N) is 3. The normalized spacial score (nSPS) is 16.5. The Morgan fingerprint density at radius 1 is 1.27 bits per heavy atom. The van der Waals surface area contributed by atoms with Crippen LogP contribution in [-0.2, 0) is 4.79 Å². The number of imide groups is 1. The predicted molar refractivity (Wildman–Crippen MR) is 108 cm³/mol. The lowest BCUT2D eigenvalue weighted by molar-refractivity contribution is -0.124. The maximum Gasteiger partial charge on any atom is 0.324 e. The first-order chi connectivity index (χ1) is 12.2. The highest BCUT2D eigenvalue weighted by Crippen LogP contribution is 2.32. The number of ether oxygens (including phenoxy) is 2. The van der Waals surface area contributed by atoms with Crippen molar-refractivity contribution in [1.29, 1.82) is 0 Å². The summed E-state index contributed by atoms with van der Waals surface area (Å²) < 4.78 is 11.3. The van der Waals surface area contributed by atoms with Gasteiger partial charge in [-0.25, -0.2) is 4.79 Å². The Labute approximate surface area is 168 Å². The zero-order valence-electron chi connectivity index (χ0n) is 14.4. The number of aliphatic imine (C=N–C) groups is 1. The van der Waals surface area contributed by atoms with Crippen LogP contribution in [0.3, 0.4) is 0 Å². The summed E-state index contributed by atoms with van der Waals surface area (Å²) in [7, 11) is 1.64. The van der Waals surface area contributed by atoms with Gasteiger partial charge in [-0.05, 0) is 12.1 Å². The lowest BCUT2D eigenvalue weighted by Gasteiger charge is -2.16. The van der Waals surface area contributed by atoms with Gasteiger partial charge in [-0.2, -0.15) is 0 Å². The second-order valence-corrected chi connectivity index (χ2v) is 5.54. The third-order valence-electron chi connectivity index (χ3n) is 3.80. The molecule has 1 aromatic rings. The van der Waals surface area contributed by atoms with Gasteiger partial charge in [0.15, 0.2) is 17.5 Å². The van der Waals surface area contributed by atoms with Gasteiger partial charge in [0.05, 0.1) is 19.8 Å². The molecule has 0 unspecified atom stereocenters. The van der Waals surface area contributed by atoms with E-state index >= 15 is 0 Å². The molecular formula is C16H22IN5O4. The number of urea groups is 1. The summed E-state index contributed by atoms with van der Waals surface area (Å²) in [6.07, 6.45) is 0.851. The molecule has 1 aromatic carbocycles. The fourth-order valence-corrected chi connectivity index (χ4v) is 2.52. The number of hydrogen-bond donors (Lipinski definition) is 3. The lowest BCUT2D eigenvalue weighted by Crippen LogP contribution is -2.40. The Morgan fingerprint density at radius 3 is 2.73 bits per heavy atom. The molecule has 2 aliphatic rings. The first-order valence-electron chi connectivity index (χ1n) is 8.13. The molecule has 3 N–H and O–H groups in total. The van der Waals surface area contributed by atoms with Crippen molar-refractivity contribution in [3.63, 3.8) is 0 Å². The molecule has 10 heteroatoms. The first-order valence-corrected chi connectivity index (χ1v) is 8.13. The molecule has 1 saturated heterocycles. The van der Waals surface area contributed by atoms with Gasteiger partial charge in [0.2, 0.25) is 5.91 Å². The number of carbonyl (C=O) groups excluding carboxylic acids is 2. The highest BCUT2D eigenvalue weighted by molar-refractivity contribution is 14.0. The average Bonchev–Trinajstić information content (AvgIpc) is 2.81. The zero-order chi connectivity index (χ0) is 17.6. The number of fused-ring (bicyclic) bond motifs is 1. The van der Waals surface area contributed by atoms with Gasteiger partial charge in [0.1, 0.15) is 0 Å². The molecule has 3 amide bonds. The summed E-state index contributed by atoms with van der Waals surface area (Å²) in [6, 6.07) is 5.21. The minimum atomic E-state index is -0.363. The van der Waals surface area contributed by atoms with Crippen LogP contribution in [0, 0.1) is 0 Å². The molecule has 2 heterocycles. The third-order valence-corrected chi connectivity index (χ3v) is 3.80. The SMILES string of the molecule is CN=C(NCCN1C(=O)CNC1=O)Nc1ccc2c(c1)OCCCO2.I. The largest absolute Gasteiger partial charge is 0.490 e. The van der Waals surface area contributed by atoms with Crippen molar-refractivity contribution in [3.8, 4) is 11.5 Å². The molecule has 0 spiro atoms. The van der Waals surface area contributed by atoms with Crippen molar-refractivity contribution >= 4 is 47.6 Å². The standard InChI is InChI=1S/C16H21N5O4.HI/c1-17-15(18-5-6-21-14(22)10-19-16(21)23)20-11-3-4-12-13(9-11)25-8-2-7-24-12;/h3-4,9H,2,5-8,10H2,1H3,(H,19,23)(H2,17,18,20);1H. The molecule has 2 aliphatic heterocycles. The highest BCUT2D eigenvalue weighted by Gasteiger charge is 2.27. The molecule has 0 aliphatic carbocycles. The Hall–Kier alpha value is -2.24. The van der Waals surface area contributed by atoms with Crippen molar-refractivity contribution in [2.45, 2.75) is 6.42 Å². The van der Waals surface area contributed by atoms with Gasteiger partial charge in [-0.15, -0.1) is 24.0 Å². The fraction of sp³-hybridized carbons (Fsp3) is 0.438. The number of guanidine groups is 1. The van der Waals surface area contributed by atoms with E-state index < -0.39 is 0 Å². The smallest absolute Gasteiger partial charge is 0.324 e. The number of halogens is 1. The molecule has 0 aromatic heterocycles. The number of amides is 3. The van der Waals surface area contributed by atoms with Gasteiger partial charge < -0.3 is 25.4 Å². The Morgan fingerprint density at radius 2 is 2.04 bits per heavy atom. The van der Waals surface area contributed by atoms with Crippen LogP contribution in [-0.4, -0.2) is 62.7 Å². The number of hydrogen-bond acceptors (Lipinski definition) is 5. The summed E-state index contributed by atoms with van der Waals surface area (Å²) in [5.41, 5.74) is 0.798. The minimum Gasteiger partial charge on any atom is -0.490 e. The van der Waals surface area contributed by atoms with Crippen LogP contribution in [0.15, 0.2) is 23.2 Å². The van der Waals surface area contributed by atoms with Crippen LogP contribution in [0.25, 0.3) is 0 Å². The van der Waals surface area contributed by atoms with Crippen LogP contribution >= 0.6 is 24.0 Å². The average molecular weight is 475 g/mol. The van der Waals surface area contributed by atoms with E-state index in [-0.39, 0.29) is 49.0 Å². The van der Waals surface area contributed by atoms with Gasteiger partial charge in [-0.1, -0.05) is 0 Å². The summed E-state index contributed by atoms with van der Waals surface area (Å²) in [4.78, 5) is 28.3. The summed E-state index contributed by atoms with van der Waals surface area (Å²) in [5, 5.41) is 8.70. The fourth-order valence-electron chi connectivity index (χ4n) is 2.52. The molecule has 3 rings (SSSR count). The number of carbonyl (C=O) groups is 2. The van der Waals surface area contributed by atoms with E-state index in [9.17, 15) is 9.59 Å². The monoisotopic (exact) mass is 475 g/mol. The topological polar surface area (TPSA) is 104 Å². The molecule has 0 bridgehead atoms. The molecule has 0 saturated carbocycles. The predicted octanol–water partition coefficient (Wildman–Crippen LogP) is 1.00. The molecule has 9 nitrogen and oxygen atoms in total. The minimum absolute atomic E-state index is 0. The van der Waals surface area contributed by atoms with Crippen molar-refractivity contribution in [1.82, 2.24) is 15.5 Å². The molecular weight excluding hydrogens is 453 g/mol. The number of benzene rings is 1. The molecule has 1 fully saturated rings. The second-order valence-electron chi connectivity index (χ2n) is 5.54. The van der Waals surface area contributed by atoms with Crippen molar-refractivity contribution in [3.05, 3.63) is 18.2 Å². The van der Waals surface area contributed by atoms with Crippen molar-refractivity contribution in [2.75, 3.05) is 45.2 Å². The zero-order valence-corrected chi connectivity index (χ0v) is 16.7. The van der Waals surface area contributed by atoms with E-state index in [1.54, 1.807) is 7.05 Å². The lowest BCUT2D eigenvalue weighted by atomic mass is 10.3. The Balaban J connectivity index is 0.00000243. The van der Waals surface area contributed by atoms with E-state index in [2.05, 4.69) is 20.9 Å². The maximum atomic E-state index is 11.5. The van der Waals surface area contributed by atoms with Crippen molar-refractivity contribution < 1.29 is 19.1 Å². The van der Waals surface area contributed by atoms with E-state index in [1.165, 1.54) is 4.90 Å². The highest BCUT2D eigenvalue weighted by atomic mass is 127. The van der Waals surface area contributed by atoms with Crippen LogP contribution in [0.2, 0.25) is 0 Å². The number of rotatable bonds is 4. The van der Waals surface area contributed by atoms with Crippen LogP contribution in [0.4, 0.5) is 10.5 Å². The van der Waals surface area contributed by atoms with Gasteiger partial charge >= 0.3 is 6.03 Å². The molecule has 0 atom stereocenters. The summed E-state index contributed by atoms with van der Waals surface area (Å²) in [5.74, 6) is 1.72. The van der Waals surface area contributed by atoms with Gasteiger partial charge in [0, 0.05) is 38.3 Å². The Kier molecular flexibility index (Phi) is 7.30. The number of nitrogens with zero attached hydrogens (tertiary/aromatic N) is 2. The van der Waals surface area contributed by atoms with E-state index in [4.69, 9.17) is 9.47 Å². The molecule has 142 valence electrons. The van der Waals surface area contributed by atoms with E-state index in [1.807, 2.05) is 18.2 Å². The van der Waals surface area contributed by atoms with E-state index in [0.29, 0.717) is 31.5 Å². The van der Waals surface area contributed by atoms with Crippen LogP contribution in [0.1, 0.15) is 6.42 Å². The molecule has 0 radical (unpaired) electrons. The first kappa shape index (κ1) is 20.1. The second kappa shape index (κ2) is 9.46. The van der Waals surface area contributed by atoms with Gasteiger partial charge in [-0.3, -0.25) is 14.7 Å². The van der Waals surface area contributed by atoms with Gasteiger partial charge in [0.25, 0.3) is 0 Å². The van der Waals surface area contributed by atoms with E-state index in [0.717, 1.165) is 17.9 Å². The quantitative estimate of drug-likeness (QED) is 0.260. The summed E-state index contributed by atoms with van der Waals surface area (Å²) in [6.45, 7) is 1.99. The van der Waals surface area contributed by atoms with Crippen LogP contribution < -0.4 is 25.4 Å². The molecule has 26 heavy (non-hydrogen) atoms. The number of anilines is 1. The maximum absolute atomic E-state index is 11.5. The Bertz CT molecular complexity index is 681. The van der Waals surface area contributed by atoms with Crippen LogP contribution in [0.5, 0.6) is 11.5 Å². The summed E-state index contributed by atoms with van der Waals surface area (Å²) >= 11 is 0. The van der Waals surface area contributed by atoms with Crippen molar-refractivity contribution in [2.24, 2.45) is 4.99 Å². The third kappa shape index (κ3) is 4.90.